The number of rotatable bonds is 5. The van der Waals surface area contributed by atoms with E-state index >= 15 is 0 Å². The number of hydrogen-bond donors (Lipinski definition) is 1. The second kappa shape index (κ2) is 6.03. The van der Waals surface area contributed by atoms with Gasteiger partial charge >= 0.3 is 0 Å². The topological polar surface area (TPSA) is 51.0 Å². The van der Waals surface area contributed by atoms with Crippen LogP contribution in [0.15, 0.2) is 23.2 Å². The van der Waals surface area contributed by atoms with Crippen molar-refractivity contribution >= 4 is 6.21 Å². The van der Waals surface area contributed by atoms with E-state index in [-0.39, 0.29) is 6.61 Å². The predicted molar refractivity (Wildman–Crippen MR) is 59.1 cm³/mol. The maximum atomic E-state index is 8.57. The SMILES string of the molecule is COc1ccc(/C=N/CCO)cc1OC. The highest BCUT2D eigenvalue weighted by Crippen LogP contribution is 2.26. The molecule has 0 saturated heterocycles. The van der Waals surface area contributed by atoms with Crippen LogP contribution in [0, 0.1) is 0 Å². The Labute approximate surface area is 89.2 Å². The standard InChI is InChI=1S/C11H15NO3/c1-14-10-4-3-9(7-11(10)15-2)8-12-5-6-13/h3-4,7-8,13H,5-6H2,1-2H3/b12-8+. The number of ether oxygens (including phenoxy) is 2. The lowest BCUT2D eigenvalue weighted by Crippen LogP contribution is -1.93. The average molecular weight is 209 g/mol. The minimum atomic E-state index is 0.0593. The molecule has 0 amide bonds. The van der Waals surface area contributed by atoms with E-state index in [1.54, 1.807) is 20.4 Å². The molecule has 0 spiro atoms. The van der Waals surface area contributed by atoms with Gasteiger partial charge in [-0.3, -0.25) is 4.99 Å². The summed E-state index contributed by atoms with van der Waals surface area (Å²) in [4.78, 5) is 4.02. The fourth-order valence-electron chi connectivity index (χ4n) is 1.16. The lowest BCUT2D eigenvalue weighted by Gasteiger charge is -2.07. The molecule has 0 fully saturated rings. The highest BCUT2D eigenvalue weighted by atomic mass is 16.5. The van der Waals surface area contributed by atoms with Crippen LogP contribution < -0.4 is 9.47 Å². The van der Waals surface area contributed by atoms with Crippen molar-refractivity contribution in [2.45, 2.75) is 0 Å². The van der Waals surface area contributed by atoms with Gasteiger partial charge in [-0.25, -0.2) is 0 Å². The molecule has 0 aromatic heterocycles. The van der Waals surface area contributed by atoms with Gasteiger partial charge in [0.15, 0.2) is 11.5 Å². The Morgan fingerprint density at radius 1 is 1.27 bits per heavy atom. The van der Waals surface area contributed by atoms with Gasteiger partial charge in [0.2, 0.25) is 0 Å². The summed E-state index contributed by atoms with van der Waals surface area (Å²) < 4.78 is 10.3. The Hall–Kier alpha value is -1.55. The number of aliphatic hydroxyl groups is 1. The number of benzene rings is 1. The van der Waals surface area contributed by atoms with E-state index in [0.29, 0.717) is 18.0 Å². The van der Waals surface area contributed by atoms with Crippen LogP contribution in [0.25, 0.3) is 0 Å². The summed E-state index contributed by atoms with van der Waals surface area (Å²) in [6.45, 7) is 0.470. The fourth-order valence-corrected chi connectivity index (χ4v) is 1.16. The quantitative estimate of drug-likeness (QED) is 0.739. The zero-order chi connectivity index (χ0) is 11.1. The van der Waals surface area contributed by atoms with E-state index < -0.39 is 0 Å². The van der Waals surface area contributed by atoms with Crippen LogP contribution in [0.1, 0.15) is 5.56 Å². The fraction of sp³-hybridized carbons (Fsp3) is 0.364. The Balaban J connectivity index is 2.83. The summed E-state index contributed by atoms with van der Waals surface area (Å²) >= 11 is 0. The summed E-state index contributed by atoms with van der Waals surface area (Å²) in [5, 5.41) is 8.57. The summed E-state index contributed by atoms with van der Waals surface area (Å²) in [7, 11) is 3.18. The molecular weight excluding hydrogens is 194 g/mol. The van der Waals surface area contributed by atoms with Crippen molar-refractivity contribution in [3.63, 3.8) is 0 Å². The molecule has 4 nitrogen and oxygen atoms in total. The second-order valence-corrected chi connectivity index (χ2v) is 2.87. The van der Waals surface area contributed by atoms with Gasteiger partial charge < -0.3 is 14.6 Å². The highest BCUT2D eigenvalue weighted by molar-refractivity contribution is 5.80. The largest absolute Gasteiger partial charge is 0.493 e. The summed E-state index contributed by atoms with van der Waals surface area (Å²) in [6, 6.07) is 5.53. The van der Waals surface area contributed by atoms with Crippen LogP contribution in [-0.4, -0.2) is 38.7 Å². The zero-order valence-electron chi connectivity index (χ0n) is 8.93. The maximum Gasteiger partial charge on any atom is 0.161 e. The third-order valence-electron chi connectivity index (χ3n) is 1.88. The van der Waals surface area contributed by atoms with E-state index in [1.807, 2.05) is 18.2 Å². The van der Waals surface area contributed by atoms with Crippen LogP contribution in [0.4, 0.5) is 0 Å². The third-order valence-corrected chi connectivity index (χ3v) is 1.88. The van der Waals surface area contributed by atoms with Crippen molar-refractivity contribution in [1.29, 1.82) is 0 Å². The third kappa shape index (κ3) is 3.25. The number of nitrogens with zero attached hydrogens (tertiary/aromatic N) is 1. The minimum absolute atomic E-state index is 0.0593. The van der Waals surface area contributed by atoms with Crippen LogP contribution in [0.5, 0.6) is 11.5 Å². The van der Waals surface area contributed by atoms with Crippen molar-refractivity contribution in [2.75, 3.05) is 27.4 Å². The molecule has 1 rings (SSSR count). The molecule has 0 unspecified atom stereocenters. The first-order valence-corrected chi connectivity index (χ1v) is 4.64. The van der Waals surface area contributed by atoms with E-state index in [0.717, 1.165) is 5.56 Å². The van der Waals surface area contributed by atoms with Gasteiger partial charge in [0.25, 0.3) is 0 Å². The van der Waals surface area contributed by atoms with Gasteiger partial charge in [0.05, 0.1) is 27.4 Å². The first-order chi connectivity index (χ1) is 7.31. The Kier molecular flexibility index (Phi) is 4.63. The van der Waals surface area contributed by atoms with Crippen molar-refractivity contribution in [3.05, 3.63) is 23.8 Å². The molecule has 0 aliphatic heterocycles. The predicted octanol–water partition coefficient (Wildman–Crippen LogP) is 1.11. The van der Waals surface area contributed by atoms with Crippen LogP contribution in [-0.2, 0) is 0 Å². The molecule has 15 heavy (non-hydrogen) atoms. The average Bonchev–Trinajstić information content (AvgIpc) is 2.29. The molecule has 0 radical (unpaired) electrons. The molecular formula is C11H15NO3. The summed E-state index contributed by atoms with van der Waals surface area (Å²) in [6.07, 6.45) is 1.69. The Bertz CT molecular complexity index is 337. The van der Waals surface area contributed by atoms with Crippen molar-refractivity contribution in [3.8, 4) is 11.5 Å². The normalized spacial score (nSPS) is 10.6. The lowest BCUT2D eigenvalue weighted by molar-refractivity contribution is 0.307. The van der Waals surface area contributed by atoms with E-state index in [9.17, 15) is 0 Å². The monoisotopic (exact) mass is 209 g/mol. The first kappa shape index (κ1) is 11.5. The van der Waals surface area contributed by atoms with E-state index in [4.69, 9.17) is 14.6 Å². The van der Waals surface area contributed by atoms with Gasteiger partial charge in [-0.1, -0.05) is 0 Å². The Morgan fingerprint density at radius 3 is 2.60 bits per heavy atom. The van der Waals surface area contributed by atoms with Gasteiger partial charge in [-0.2, -0.15) is 0 Å². The molecule has 0 atom stereocenters. The molecule has 0 aliphatic carbocycles. The molecule has 0 aliphatic rings. The highest BCUT2D eigenvalue weighted by Gasteiger charge is 2.02. The summed E-state index contributed by atoms with van der Waals surface area (Å²) in [5.74, 6) is 1.36. The van der Waals surface area contributed by atoms with Crippen LogP contribution in [0.2, 0.25) is 0 Å². The smallest absolute Gasteiger partial charge is 0.161 e. The number of aliphatic hydroxyl groups excluding tert-OH is 1. The minimum Gasteiger partial charge on any atom is -0.493 e. The van der Waals surface area contributed by atoms with Gasteiger partial charge in [-0.15, -0.1) is 0 Å². The summed E-state index contributed by atoms with van der Waals surface area (Å²) in [5.41, 5.74) is 0.918. The molecule has 1 aromatic rings. The van der Waals surface area contributed by atoms with Gasteiger partial charge in [0, 0.05) is 6.21 Å². The number of aliphatic imine (C=N–C) groups is 1. The van der Waals surface area contributed by atoms with Crippen molar-refractivity contribution in [2.24, 2.45) is 4.99 Å². The molecule has 4 heteroatoms. The molecule has 0 bridgehead atoms. The van der Waals surface area contributed by atoms with Crippen LogP contribution >= 0.6 is 0 Å². The van der Waals surface area contributed by atoms with Gasteiger partial charge in [0.1, 0.15) is 0 Å². The molecule has 1 N–H and O–H groups in total. The second-order valence-electron chi connectivity index (χ2n) is 2.87. The maximum absolute atomic E-state index is 8.57. The molecule has 1 aromatic carbocycles. The number of hydrogen-bond acceptors (Lipinski definition) is 4. The van der Waals surface area contributed by atoms with Crippen molar-refractivity contribution < 1.29 is 14.6 Å². The Morgan fingerprint density at radius 2 is 2.00 bits per heavy atom. The lowest BCUT2D eigenvalue weighted by atomic mass is 10.2. The van der Waals surface area contributed by atoms with Crippen molar-refractivity contribution in [1.82, 2.24) is 0 Å². The van der Waals surface area contributed by atoms with E-state index in [1.165, 1.54) is 0 Å². The molecule has 0 heterocycles. The first-order valence-electron chi connectivity index (χ1n) is 4.64. The zero-order valence-corrected chi connectivity index (χ0v) is 8.93. The van der Waals surface area contributed by atoms with Crippen LogP contribution in [0.3, 0.4) is 0 Å². The van der Waals surface area contributed by atoms with Gasteiger partial charge in [-0.05, 0) is 23.8 Å². The molecule has 82 valence electrons. The van der Waals surface area contributed by atoms with E-state index in [2.05, 4.69) is 4.99 Å². The molecule has 0 saturated carbocycles. The number of methoxy groups -OCH3 is 2.